The Kier molecular flexibility index (Phi) is 5.49. The molecule has 1 aliphatic rings. The maximum Gasteiger partial charge on any atom is 0.221 e. The summed E-state index contributed by atoms with van der Waals surface area (Å²) in [7, 11) is 0. The molecule has 0 radical (unpaired) electrons. The Morgan fingerprint density at radius 2 is 1.79 bits per heavy atom. The molecule has 1 fully saturated rings. The Morgan fingerprint density at radius 3 is 2.50 bits per heavy atom. The number of carbonyl (C=O) groups excluding carboxylic acids is 1. The largest absolute Gasteiger partial charge is 0.344 e. The maximum atomic E-state index is 11.1. The van der Waals surface area contributed by atoms with Crippen molar-refractivity contribution in [2.75, 3.05) is 18.4 Å². The minimum Gasteiger partial charge on any atom is -0.344 e. The zero-order valence-electron chi connectivity index (χ0n) is 16.8. The minimum atomic E-state index is -0.0283. The zero-order chi connectivity index (χ0) is 19.5. The molecule has 1 amide bonds. The van der Waals surface area contributed by atoms with Gasteiger partial charge in [-0.2, -0.15) is 0 Å². The highest BCUT2D eigenvalue weighted by Gasteiger charge is 2.24. The van der Waals surface area contributed by atoms with E-state index in [2.05, 4.69) is 70.4 Å². The van der Waals surface area contributed by atoms with Gasteiger partial charge >= 0.3 is 0 Å². The Hall–Kier alpha value is -2.59. The van der Waals surface area contributed by atoms with Crippen molar-refractivity contribution in [1.29, 1.82) is 0 Å². The van der Waals surface area contributed by atoms with Gasteiger partial charge in [-0.3, -0.25) is 4.79 Å². The highest BCUT2D eigenvalue weighted by atomic mass is 16.1. The van der Waals surface area contributed by atoms with Crippen LogP contribution >= 0.6 is 0 Å². The average Bonchev–Trinajstić information content (AvgIpc) is 3.13. The summed E-state index contributed by atoms with van der Waals surface area (Å²) in [5.74, 6) is -0.0283. The van der Waals surface area contributed by atoms with Crippen molar-refractivity contribution in [2.24, 2.45) is 0 Å². The van der Waals surface area contributed by atoms with Crippen molar-refractivity contribution in [1.82, 2.24) is 9.47 Å². The van der Waals surface area contributed by atoms with E-state index in [-0.39, 0.29) is 5.91 Å². The summed E-state index contributed by atoms with van der Waals surface area (Å²) < 4.78 is 2.47. The van der Waals surface area contributed by atoms with Crippen LogP contribution in [0.1, 0.15) is 38.3 Å². The number of nitrogens with one attached hydrogen (secondary N) is 1. The highest BCUT2D eigenvalue weighted by Crippen LogP contribution is 2.29. The lowest BCUT2D eigenvalue weighted by molar-refractivity contribution is -0.114. The Labute approximate surface area is 167 Å². The second-order valence-electron chi connectivity index (χ2n) is 7.98. The van der Waals surface area contributed by atoms with Crippen molar-refractivity contribution < 1.29 is 4.79 Å². The summed E-state index contributed by atoms with van der Waals surface area (Å²) >= 11 is 0. The second-order valence-corrected chi connectivity index (χ2v) is 7.98. The molecular formula is C24H29N3O. The van der Waals surface area contributed by atoms with E-state index in [4.69, 9.17) is 0 Å². The van der Waals surface area contributed by atoms with E-state index in [1.165, 1.54) is 36.2 Å². The van der Waals surface area contributed by atoms with Crippen LogP contribution in [0.15, 0.2) is 60.8 Å². The predicted molar refractivity (Wildman–Crippen MR) is 116 cm³/mol. The van der Waals surface area contributed by atoms with Gasteiger partial charge in [-0.05, 0) is 61.4 Å². The lowest BCUT2D eigenvalue weighted by Crippen LogP contribution is -2.41. The number of carbonyl (C=O) groups is 1. The third-order valence-corrected chi connectivity index (χ3v) is 5.95. The van der Waals surface area contributed by atoms with Crippen LogP contribution in [-0.4, -0.2) is 34.5 Å². The third-order valence-electron chi connectivity index (χ3n) is 5.95. The van der Waals surface area contributed by atoms with E-state index in [0.717, 1.165) is 25.2 Å². The van der Waals surface area contributed by atoms with Crippen LogP contribution < -0.4 is 5.32 Å². The molecule has 1 atom stereocenters. The van der Waals surface area contributed by atoms with E-state index < -0.39 is 0 Å². The van der Waals surface area contributed by atoms with Gasteiger partial charge in [0.15, 0.2) is 0 Å². The molecule has 2 heterocycles. The number of aromatic nitrogens is 1. The number of hydrogen-bond acceptors (Lipinski definition) is 2. The highest BCUT2D eigenvalue weighted by molar-refractivity contribution is 5.88. The van der Waals surface area contributed by atoms with Crippen molar-refractivity contribution in [3.05, 3.63) is 66.4 Å². The summed E-state index contributed by atoms with van der Waals surface area (Å²) in [5.41, 5.74) is 3.54. The van der Waals surface area contributed by atoms with Crippen LogP contribution in [0.3, 0.4) is 0 Å². The first-order valence-corrected chi connectivity index (χ1v) is 10.3. The molecule has 1 aliphatic heterocycles. The molecule has 0 saturated carbocycles. The molecule has 4 heteroatoms. The van der Waals surface area contributed by atoms with Crippen LogP contribution in [0.2, 0.25) is 0 Å². The lowest BCUT2D eigenvalue weighted by Gasteiger charge is -2.37. The van der Waals surface area contributed by atoms with Crippen molar-refractivity contribution in [2.45, 2.75) is 45.2 Å². The minimum absolute atomic E-state index is 0.0283. The molecule has 3 aromatic rings. The van der Waals surface area contributed by atoms with Crippen molar-refractivity contribution >= 4 is 22.5 Å². The molecule has 4 rings (SSSR count). The number of rotatable bonds is 5. The van der Waals surface area contributed by atoms with Crippen LogP contribution in [0.25, 0.3) is 10.9 Å². The van der Waals surface area contributed by atoms with Crippen molar-refractivity contribution in [3.63, 3.8) is 0 Å². The lowest BCUT2D eigenvalue weighted by atomic mass is 9.99. The first-order chi connectivity index (χ1) is 13.6. The first-order valence-electron chi connectivity index (χ1n) is 10.3. The molecule has 0 aliphatic carbocycles. The SMILES string of the molecule is CC(=O)Nc1ccc(CC(C)N2CCC(n3ccc4ccccc43)CC2)cc1. The molecule has 2 aromatic carbocycles. The van der Waals surface area contributed by atoms with Crippen LogP contribution in [0, 0.1) is 0 Å². The Morgan fingerprint density at radius 1 is 1.07 bits per heavy atom. The zero-order valence-corrected chi connectivity index (χ0v) is 16.8. The summed E-state index contributed by atoms with van der Waals surface area (Å²) in [5, 5.41) is 4.16. The number of nitrogens with zero attached hydrogens (tertiary/aromatic N) is 2. The van der Waals surface area contributed by atoms with E-state index in [1.807, 2.05) is 12.1 Å². The van der Waals surface area contributed by atoms with Gasteiger partial charge in [0.2, 0.25) is 5.91 Å². The van der Waals surface area contributed by atoms with Gasteiger partial charge in [0.05, 0.1) is 0 Å². The average molecular weight is 376 g/mol. The molecule has 1 aromatic heterocycles. The number of fused-ring (bicyclic) bond motifs is 1. The standard InChI is InChI=1S/C24H29N3O/c1-18(17-20-7-9-22(10-8-20)25-19(2)28)26-14-12-23(13-15-26)27-16-11-21-5-3-4-6-24(21)27/h3-11,16,18,23H,12-15,17H2,1-2H3,(H,25,28). The third kappa shape index (κ3) is 4.12. The molecule has 28 heavy (non-hydrogen) atoms. The normalized spacial score (nSPS) is 16.9. The monoisotopic (exact) mass is 375 g/mol. The molecule has 0 bridgehead atoms. The topological polar surface area (TPSA) is 37.3 Å². The van der Waals surface area contributed by atoms with Crippen LogP contribution in [0.5, 0.6) is 0 Å². The molecular weight excluding hydrogens is 346 g/mol. The van der Waals surface area contributed by atoms with Gasteiger partial charge in [-0.25, -0.2) is 0 Å². The van der Waals surface area contributed by atoms with E-state index >= 15 is 0 Å². The van der Waals surface area contributed by atoms with Crippen molar-refractivity contribution in [3.8, 4) is 0 Å². The maximum absolute atomic E-state index is 11.1. The number of likely N-dealkylation sites (tertiary alicyclic amines) is 1. The number of hydrogen-bond donors (Lipinski definition) is 1. The van der Waals surface area contributed by atoms with Crippen LogP contribution in [-0.2, 0) is 11.2 Å². The summed E-state index contributed by atoms with van der Waals surface area (Å²) in [6.45, 7) is 6.15. The van der Waals surface area contributed by atoms with Gasteiger partial charge < -0.3 is 14.8 Å². The quantitative estimate of drug-likeness (QED) is 0.691. The fourth-order valence-corrected chi connectivity index (χ4v) is 4.43. The summed E-state index contributed by atoms with van der Waals surface area (Å²) in [6, 6.07) is 20.3. The van der Waals surface area contributed by atoms with Gasteiger partial charge in [0, 0.05) is 49.5 Å². The van der Waals surface area contributed by atoms with E-state index in [0.29, 0.717) is 12.1 Å². The number of amides is 1. The number of benzene rings is 2. The van der Waals surface area contributed by atoms with E-state index in [1.54, 1.807) is 0 Å². The number of para-hydroxylation sites is 1. The predicted octanol–water partition coefficient (Wildman–Crippen LogP) is 4.87. The molecule has 4 nitrogen and oxygen atoms in total. The van der Waals surface area contributed by atoms with Gasteiger partial charge in [0.25, 0.3) is 0 Å². The molecule has 1 saturated heterocycles. The summed E-state index contributed by atoms with van der Waals surface area (Å²) in [4.78, 5) is 13.8. The Bertz CT molecular complexity index is 936. The number of anilines is 1. The molecule has 1 unspecified atom stereocenters. The molecule has 1 N–H and O–H groups in total. The fraction of sp³-hybridized carbons (Fsp3) is 0.375. The molecule has 0 spiro atoms. The Balaban J connectivity index is 1.33. The smallest absolute Gasteiger partial charge is 0.221 e. The number of piperidine rings is 1. The fourth-order valence-electron chi connectivity index (χ4n) is 4.43. The van der Waals surface area contributed by atoms with Crippen LogP contribution in [0.4, 0.5) is 5.69 Å². The summed E-state index contributed by atoms with van der Waals surface area (Å²) in [6.07, 6.45) is 5.69. The first kappa shape index (κ1) is 18.8. The van der Waals surface area contributed by atoms with Gasteiger partial charge in [0.1, 0.15) is 0 Å². The second kappa shape index (κ2) is 8.19. The van der Waals surface area contributed by atoms with E-state index in [9.17, 15) is 4.79 Å². The molecule has 146 valence electrons. The van der Waals surface area contributed by atoms with Gasteiger partial charge in [-0.15, -0.1) is 0 Å². The van der Waals surface area contributed by atoms with Gasteiger partial charge in [-0.1, -0.05) is 30.3 Å².